The Hall–Kier alpha value is -1.58. The molecule has 92 valence electrons. The number of carbonyl (C=O) groups excluding carboxylic acids is 1. The summed E-state index contributed by atoms with van der Waals surface area (Å²) >= 11 is 0. The van der Waals surface area contributed by atoms with Crippen LogP contribution in [0.15, 0.2) is 18.3 Å². The average Bonchev–Trinajstić information content (AvgIpc) is 2.32. The normalized spacial score (nSPS) is 24.3. The molecule has 1 aliphatic rings. The predicted molar refractivity (Wildman–Crippen MR) is 67.5 cm³/mol. The van der Waals surface area contributed by atoms with E-state index in [4.69, 9.17) is 5.73 Å². The first-order valence-electron chi connectivity index (χ1n) is 6.20. The maximum atomic E-state index is 12.0. The minimum absolute atomic E-state index is 0.151. The third-order valence-corrected chi connectivity index (χ3v) is 3.48. The van der Waals surface area contributed by atoms with Crippen LogP contribution in [0, 0.1) is 5.92 Å². The second-order valence-corrected chi connectivity index (χ2v) is 4.78. The highest BCUT2D eigenvalue weighted by atomic mass is 16.2. The second kappa shape index (κ2) is 5.17. The van der Waals surface area contributed by atoms with E-state index in [9.17, 15) is 4.79 Å². The van der Waals surface area contributed by atoms with Crippen molar-refractivity contribution in [3.8, 4) is 0 Å². The molecule has 0 bridgehead atoms. The highest BCUT2D eigenvalue weighted by molar-refractivity contribution is 5.97. The molecular weight excluding hydrogens is 214 g/mol. The number of nitrogens with zero attached hydrogens (tertiary/aromatic N) is 1. The molecule has 0 spiro atoms. The van der Waals surface area contributed by atoms with Gasteiger partial charge in [0.1, 0.15) is 0 Å². The van der Waals surface area contributed by atoms with Crippen molar-refractivity contribution in [2.45, 2.75) is 38.6 Å². The Bertz CT molecular complexity index is 405. The summed E-state index contributed by atoms with van der Waals surface area (Å²) in [6.45, 7) is 2.19. The van der Waals surface area contributed by atoms with Gasteiger partial charge in [-0.15, -0.1) is 0 Å². The molecule has 1 saturated carbocycles. The monoisotopic (exact) mass is 233 g/mol. The lowest BCUT2D eigenvalue weighted by Crippen LogP contribution is -2.41. The van der Waals surface area contributed by atoms with Gasteiger partial charge in [0.25, 0.3) is 5.91 Å². The quantitative estimate of drug-likeness (QED) is 0.820. The van der Waals surface area contributed by atoms with Crippen molar-refractivity contribution in [3.63, 3.8) is 0 Å². The molecule has 2 rings (SSSR count). The topological polar surface area (TPSA) is 68.0 Å². The zero-order valence-electron chi connectivity index (χ0n) is 10.1. The van der Waals surface area contributed by atoms with Gasteiger partial charge in [0, 0.05) is 12.2 Å². The molecule has 1 amide bonds. The summed E-state index contributed by atoms with van der Waals surface area (Å²) in [5, 5.41) is 3.04. The lowest BCUT2D eigenvalue weighted by molar-refractivity contribution is 0.0906. The Balaban J connectivity index is 2.04. The lowest BCUT2D eigenvalue weighted by Gasteiger charge is -2.29. The molecule has 1 fully saturated rings. The molecule has 0 aliphatic heterocycles. The molecule has 4 nitrogen and oxygen atoms in total. The molecule has 1 aliphatic carbocycles. The SMILES string of the molecule is CC1CCCCC1NC(=O)c1ncccc1N. The summed E-state index contributed by atoms with van der Waals surface area (Å²) in [7, 11) is 0. The number of anilines is 1. The summed E-state index contributed by atoms with van der Waals surface area (Å²) < 4.78 is 0. The number of nitrogen functional groups attached to an aromatic ring is 1. The Morgan fingerprint density at radius 3 is 2.94 bits per heavy atom. The number of rotatable bonds is 2. The van der Waals surface area contributed by atoms with Gasteiger partial charge in [-0.05, 0) is 30.9 Å². The fourth-order valence-electron chi connectivity index (χ4n) is 2.37. The molecule has 3 N–H and O–H groups in total. The van der Waals surface area contributed by atoms with Crippen LogP contribution in [0.2, 0.25) is 0 Å². The number of nitrogens with two attached hydrogens (primary N) is 1. The second-order valence-electron chi connectivity index (χ2n) is 4.78. The zero-order valence-corrected chi connectivity index (χ0v) is 10.1. The van der Waals surface area contributed by atoms with E-state index in [0.717, 1.165) is 6.42 Å². The third kappa shape index (κ3) is 2.75. The maximum Gasteiger partial charge on any atom is 0.272 e. The van der Waals surface area contributed by atoms with Crippen LogP contribution in [0.3, 0.4) is 0 Å². The lowest BCUT2D eigenvalue weighted by atomic mass is 9.86. The number of aromatic nitrogens is 1. The van der Waals surface area contributed by atoms with Crippen LogP contribution < -0.4 is 11.1 Å². The number of amides is 1. The van der Waals surface area contributed by atoms with Crippen LogP contribution in [0.25, 0.3) is 0 Å². The van der Waals surface area contributed by atoms with Crippen molar-refractivity contribution < 1.29 is 4.79 Å². The van der Waals surface area contributed by atoms with Crippen LogP contribution in [-0.2, 0) is 0 Å². The van der Waals surface area contributed by atoms with Crippen molar-refractivity contribution in [1.82, 2.24) is 10.3 Å². The summed E-state index contributed by atoms with van der Waals surface area (Å²) in [4.78, 5) is 16.1. The van der Waals surface area contributed by atoms with Crippen LogP contribution in [0.5, 0.6) is 0 Å². The molecule has 1 aromatic heterocycles. The smallest absolute Gasteiger partial charge is 0.272 e. The van der Waals surface area contributed by atoms with Gasteiger partial charge in [-0.25, -0.2) is 4.98 Å². The third-order valence-electron chi connectivity index (χ3n) is 3.48. The number of hydrogen-bond donors (Lipinski definition) is 2. The minimum atomic E-state index is -0.151. The summed E-state index contributed by atoms with van der Waals surface area (Å²) in [5.74, 6) is 0.388. The van der Waals surface area contributed by atoms with Gasteiger partial charge in [-0.2, -0.15) is 0 Å². The molecule has 1 heterocycles. The van der Waals surface area contributed by atoms with Crippen LogP contribution in [0.4, 0.5) is 5.69 Å². The van der Waals surface area contributed by atoms with E-state index >= 15 is 0 Å². The Kier molecular flexibility index (Phi) is 3.61. The Labute approximate surface area is 102 Å². The molecular formula is C13H19N3O. The van der Waals surface area contributed by atoms with Crippen LogP contribution in [0.1, 0.15) is 43.1 Å². The number of nitrogens with one attached hydrogen (secondary N) is 1. The fourth-order valence-corrected chi connectivity index (χ4v) is 2.37. The van der Waals surface area contributed by atoms with Crippen molar-refractivity contribution in [1.29, 1.82) is 0 Å². The number of hydrogen-bond acceptors (Lipinski definition) is 3. The highest BCUT2D eigenvalue weighted by Crippen LogP contribution is 2.24. The van der Waals surface area contributed by atoms with E-state index in [-0.39, 0.29) is 11.9 Å². The van der Waals surface area contributed by atoms with Crippen molar-refractivity contribution in [2.75, 3.05) is 5.73 Å². The number of carbonyl (C=O) groups is 1. The molecule has 17 heavy (non-hydrogen) atoms. The average molecular weight is 233 g/mol. The largest absolute Gasteiger partial charge is 0.397 e. The molecule has 0 radical (unpaired) electrons. The Morgan fingerprint density at radius 2 is 2.24 bits per heavy atom. The first kappa shape index (κ1) is 11.9. The van der Waals surface area contributed by atoms with E-state index in [0.29, 0.717) is 17.3 Å². The van der Waals surface area contributed by atoms with E-state index in [2.05, 4.69) is 17.2 Å². The first-order chi connectivity index (χ1) is 8.18. The van der Waals surface area contributed by atoms with Gasteiger partial charge in [0.15, 0.2) is 5.69 Å². The molecule has 4 heteroatoms. The molecule has 0 saturated heterocycles. The maximum absolute atomic E-state index is 12.0. The van der Waals surface area contributed by atoms with E-state index in [1.807, 2.05) is 0 Å². The van der Waals surface area contributed by atoms with E-state index < -0.39 is 0 Å². The zero-order chi connectivity index (χ0) is 12.3. The molecule has 0 aromatic carbocycles. The molecule has 1 aromatic rings. The summed E-state index contributed by atoms with van der Waals surface area (Å²) in [6, 6.07) is 3.69. The van der Waals surface area contributed by atoms with E-state index in [1.165, 1.54) is 19.3 Å². The number of pyridine rings is 1. The van der Waals surface area contributed by atoms with Crippen molar-refractivity contribution >= 4 is 11.6 Å². The van der Waals surface area contributed by atoms with Gasteiger partial charge in [0.2, 0.25) is 0 Å². The standard InChI is InChI=1S/C13H19N3O/c1-9-5-2-3-7-11(9)16-13(17)12-10(14)6-4-8-15-12/h4,6,8-9,11H,2-3,5,7,14H2,1H3,(H,16,17). The Morgan fingerprint density at radius 1 is 1.47 bits per heavy atom. The molecule has 2 unspecified atom stereocenters. The predicted octanol–water partition coefficient (Wildman–Crippen LogP) is 1.97. The van der Waals surface area contributed by atoms with Gasteiger partial charge in [-0.3, -0.25) is 4.79 Å². The van der Waals surface area contributed by atoms with Crippen LogP contribution in [-0.4, -0.2) is 16.9 Å². The van der Waals surface area contributed by atoms with Crippen LogP contribution >= 0.6 is 0 Å². The van der Waals surface area contributed by atoms with Gasteiger partial charge in [-0.1, -0.05) is 19.8 Å². The fraction of sp³-hybridized carbons (Fsp3) is 0.538. The van der Waals surface area contributed by atoms with Crippen molar-refractivity contribution in [2.24, 2.45) is 5.92 Å². The minimum Gasteiger partial charge on any atom is -0.397 e. The first-order valence-corrected chi connectivity index (χ1v) is 6.20. The summed E-state index contributed by atoms with van der Waals surface area (Å²) in [5.41, 5.74) is 6.51. The van der Waals surface area contributed by atoms with Crippen molar-refractivity contribution in [3.05, 3.63) is 24.0 Å². The highest BCUT2D eigenvalue weighted by Gasteiger charge is 2.24. The van der Waals surface area contributed by atoms with Gasteiger partial charge in [0.05, 0.1) is 5.69 Å². The molecule has 2 atom stereocenters. The van der Waals surface area contributed by atoms with Gasteiger partial charge >= 0.3 is 0 Å². The van der Waals surface area contributed by atoms with Gasteiger partial charge < -0.3 is 11.1 Å². The summed E-state index contributed by atoms with van der Waals surface area (Å²) in [6.07, 6.45) is 6.28. The van der Waals surface area contributed by atoms with E-state index in [1.54, 1.807) is 18.3 Å².